The highest BCUT2D eigenvalue weighted by atomic mass is 32.1. The molecule has 12 aromatic rings. The summed E-state index contributed by atoms with van der Waals surface area (Å²) >= 11 is 3.72. The Kier molecular flexibility index (Phi) is 9.37. The number of para-hydroxylation sites is 5. The summed E-state index contributed by atoms with van der Waals surface area (Å²) in [4.78, 5) is 7.34. The Morgan fingerprint density at radius 1 is 0.418 bits per heavy atom. The van der Waals surface area contributed by atoms with Crippen LogP contribution in [-0.2, 0) is 0 Å². The minimum absolute atomic E-state index is 0.300. The minimum Gasteiger partial charge on any atom is -0.454 e. The van der Waals surface area contributed by atoms with Crippen molar-refractivity contribution in [2.75, 3.05) is 14.7 Å². The second-order valence-electron chi connectivity index (χ2n) is 17.5. The van der Waals surface area contributed by atoms with Gasteiger partial charge in [-0.25, -0.2) is 0 Å². The second-order valence-corrected chi connectivity index (χ2v) is 19.7. The monoisotopic (exact) mass is 897 g/mol. The van der Waals surface area contributed by atoms with E-state index in [0.29, 0.717) is 0 Å². The molecule has 9 aromatic carbocycles. The van der Waals surface area contributed by atoms with Crippen molar-refractivity contribution in [2.24, 2.45) is 0 Å². The van der Waals surface area contributed by atoms with E-state index in [-0.39, 0.29) is 5.54 Å². The predicted molar refractivity (Wildman–Crippen MR) is 289 cm³/mol. The van der Waals surface area contributed by atoms with Gasteiger partial charge in [0.15, 0.2) is 5.58 Å². The van der Waals surface area contributed by atoms with Crippen molar-refractivity contribution in [3.05, 3.63) is 231 Å². The first-order valence-electron chi connectivity index (χ1n) is 22.8. The molecule has 0 saturated heterocycles. The van der Waals surface area contributed by atoms with Gasteiger partial charge in [0.25, 0.3) is 0 Å². The highest BCUT2D eigenvalue weighted by molar-refractivity contribution is 7.26. The van der Waals surface area contributed by atoms with E-state index in [9.17, 15) is 0 Å². The quantitative estimate of drug-likeness (QED) is 0.144. The van der Waals surface area contributed by atoms with Crippen LogP contribution in [-0.4, -0.2) is 5.54 Å². The maximum atomic E-state index is 6.62. The summed E-state index contributed by atoms with van der Waals surface area (Å²) in [7, 11) is 0. The predicted octanol–water partition coefficient (Wildman–Crippen LogP) is 18.7. The molecule has 6 heteroatoms. The van der Waals surface area contributed by atoms with Crippen LogP contribution in [0.25, 0.3) is 62.3 Å². The fourth-order valence-electron chi connectivity index (χ4n) is 10.3. The van der Waals surface area contributed by atoms with Crippen LogP contribution < -0.4 is 14.7 Å². The number of rotatable bonds is 9. The molecule has 0 amide bonds. The second kappa shape index (κ2) is 15.9. The molecule has 0 spiro atoms. The average Bonchev–Trinajstić information content (AvgIpc) is 4.07. The van der Waals surface area contributed by atoms with Gasteiger partial charge in [0, 0.05) is 85.2 Å². The zero-order valence-electron chi connectivity index (χ0n) is 36.7. The molecule has 67 heavy (non-hydrogen) atoms. The molecule has 4 nitrogen and oxygen atoms in total. The first-order chi connectivity index (χ1) is 33.1. The number of hydrogen-bond acceptors (Lipinski definition) is 6. The van der Waals surface area contributed by atoms with Gasteiger partial charge in [-0.05, 0) is 110 Å². The van der Waals surface area contributed by atoms with Gasteiger partial charge < -0.3 is 19.1 Å². The standard InChI is InChI=1S/C61H43N3OS2/c1-61(35-16-5-17-36-61)64(43-23-10-4-11-24-43)53-38-46(40-58-59(53)50-26-13-15-30-55(50)67-58)62(41-19-6-2-7-20-41)45-31-33-48-51-37-44(32-34-56(51)66-57(48)39-45)63(42-21-8-3-9-22-42)52-28-18-27-49-47-25-12-14-29-54(47)65-60(49)52/h2-35,37-40H,36H2,1H3. The van der Waals surface area contributed by atoms with E-state index in [4.69, 9.17) is 4.42 Å². The molecule has 3 heterocycles. The number of allylic oxidation sites excluding steroid dienone is 2. The number of nitrogens with zero attached hydrogens (tertiary/aromatic N) is 3. The maximum Gasteiger partial charge on any atom is 0.159 e. The van der Waals surface area contributed by atoms with E-state index >= 15 is 0 Å². The van der Waals surface area contributed by atoms with Gasteiger partial charge in [-0.1, -0.05) is 133 Å². The van der Waals surface area contributed by atoms with Crippen LogP contribution in [0.5, 0.6) is 0 Å². The molecular formula is C61H43N3OS2. The van der Waals surface area contributed by atoms with Crippen LogP contribution in [0.2, 0.25) is 0 Å². The molecule has 320 valence electrons. The molecule has 13 rings (SSSR count). The number of furan rings is 1. The fraction of sp³-hybridized carbons (Fsp3) is 0.0492. The topological polar surface area (TPSA) is 22.9 Å². The van der Waals surface area contributed by atoms with Crippen LogP contribution in [0, 0.1) is 0 Å². The van der Waals surface area contributed by atoms with Crippen LogP contribution in [0.1, 0.15) is 13.3 Å². The summed E-state index contributed by atoms with van der Waals surface area (Å²) in [6.45, 7) is 2.36. The summed E-state index contributed by atoms with van der Waals surface area (Å²) in [5.41, 5.74) is 10.3. The van der Waals surface area contributed by atoms with Crippen molar-refractivity contribution in [2.45, 2.75) is 18.9 Å². The number of thiophene rings is 2. The summed E-state index contributed by atoms with van der Waals surface area (Å²) in [6, 6.07) is 74.7. The van der Waals surface area contributed by atoms with Crippen molar-refractivity contribution in [3.8, 4) is 0 Å². The SMILES string of the molecule is CC1(N(c2ccccc2)c2cc(N(c3ccccc3)c3ccc4c(c3)sc3ccc(N(c5ccccc5)c5cccc6c5oc5ccccc56)cc34)cc3sc4ccccc4c23)C=CC=CC1. The molecule has 0 fully saturated rings. The van der Waals surface area contributed by atoms with Crippen molar-refractivity contribution >= 4 is 130 Å². The smallest absolute Gasteiger partial charge is 0.159 e. The molecule has 0 saturated carbocycles. The summed E-state index contributed by atoms with van der Waals surface area (Å²) in [5.74, 6) is 0. The first kappa shape index (κ1) is 39.5. The lowest BCUT2D eigenvalue weighted by molar-refractivity contribution is 0.571. The zero-order valence-corrected chi connectivity index (χ0v) is 38.3. The van der Waals surface area contributed by atoms with E-state index in [1.165, 1.54) is 46.0 Å². The van der Waals surface area contributed by atoms with Gasteiger partial charge in [0.2, 0.25) is 0 Å². The molecule has 1 aliphatic carbocycles. The van der Waals surface area contributed by atoms with Crippen LogP contribution in [0.3, 0.4) is 0 Å². The summed E-state index contributed by atoms with van der Waals surface area (Å²) in [6.07, 6.45) is 9.91. The minimum atomic E-state index is -0.300. The molecule has 1 aliphatic rings. The van der Waals surface area contributed by atoms with Crippen molar-refractivity contribution < 1.29 is 4.42 Å². The lowest BCUT2D eigenvalue weighted by Gasteiger charge is -2.42. The number of benzene rings is 9. The van der Waals surface area contributed by atoms with Crippen molar-refractivity contribution in [1.82, 2.24) is 0 Å². The lowest BCUT2D eigenvalue weighted by Crippen LogP contribution is -2.42. The van der Waals surface area contributed by atoms with Crippen molar-refractivity contribution in [1.29, 1.82) is 0 Å². The van der Waals surface area contributed by atoms with Crippen molar-refractivity contribution in [3.63, 3.8) is 0 Å². The third-order valence-corrected chi connectivity index (χ3v) is 15.6. The van der Waals surface area contributed by atoms with Gasteiger partial charge in [0.05, 0.1) is 16.9 Å². The number of fused-ring (bicyclic) bond motifs is 9. The van der Waals surface area contributed by atoms with Gasteiger partial charge in [-0.15, -0.1) is 22.7 Å². The molecule has 1 atom stereocenters. The maximum absolute atomic E-state index is 6.62. The summed E-state index contributed by atoms with van der Waals surface area (Å²) < 4.78 is 11.6. The Hall–Kier alpha value is -7.90. The normalized spacial score (nSPS) is 14.8. The molecule has 0 radical (unpaired) electrons. The van der Waals surface area contributed by atoms with E-state index < -0.39 is 0 Å². The Balaban J connectivity index is 0.987. The first-order valence-corrected chi connectivity index (χ1v) is 24.4. The highest BCUT2D eigenvalue weighted by Crippen LogP contribution is 2.51. The third kappa shape index (κ3) is 6.63. The molecule has 0 bridgehead atoms. The van der Waals surface area contributed by atoms with Gasteiger partial charge in [-0.3, -0.25) is 0 Å². The third-order valence-electron chi connectivity index (χ3n) is 13.3. The highest BCUT2D eigenvalue weighted by Gasteiger charge is 2.34. The van der Waals surface area contributed by atoms with Gasteiger partial charge in [-0.2, -0.15) is 0 Å². The largest absolute Gasteiger partial charge is 0.454 e. The molecule has 3 aromatic heterocycles. The Morgan fingerprint density at radius 3 is 1.82 bits per heavy atom. The molecular weight excluding hydrogens is 855 g/mol. The van der Waals surface area contributed by atoms with Crippen LogP contribution in [0.15, 0.2) is 235 Å². The lowest BCUT2D eigenvalue weighted by atomic mass is 9.89. The zero-order chi connectivity index (χ0) is 44.5. The van der Waals surface area contributed by atoms with Crippen LogP contribution in [0.4, 0.5) is 45.5 Å². The van der Waals surface area contributed by atoms with E-state index in [1.54, 1.807) is 0 Å². The number of hydrogen-bond donors (Lipinski definition) is 0. The van der Waals surface area contributed by atoms with Gasteiger partial charge >= 0.3 is 0 Å². The molecule has 1 unspecified atom stereocenters. The average molecular weight is 898 g/mol. The fourth-order valence-corrected chi connectivity index (χ4v) is 12.5. The van der Waals surface area contributed by atoms with Gasteiger partial charge in [0.1, 0.15) is 5.58 Å². The Bertz CT molecular complexity index is 3890. The van der Waals surface area contributed by atoms with E-state index in [1.807, 2.05) is 28.7 Å². The Labute approximate surface area is 396 Å². The molecule has 0 aliphatic heterocycles. The van der Waals surface area contributed by atoms with E-state index in [2.05, 4.69) is 246 Å². The Morgan fingerprint density at radius 2 is 1.04 bits per heavy atom. The van der Waals surface area contributed by atoms with Crippen LogP contribution >= 0.6 is 22.7 Å². The molecule has 0 N–H and O–H groups in total. The number of anilines is 8. The summed E-state index contributed by atoms with van der Waals surface area (Å²) in [5, 5.41) is 7.24. The van der Waals surface area contributed by atoms with E-state index in [0.717, 1.165) is 68.2 Å².